The molecule has 2 aromatic carbocycles. The fourth-order valence-electron chi connectivity index (χ4n) is 3.35. The van der Waals surface area contributed by atoms with Gasteiger partial charge in [-0.05, 0) is 36.4 Å². The number of nitrogens with zero attached hydrogens (tertiary/aromatic N) is 3. The smallest absolute Gasteiger partial charge is 0.273 e. The van der Waals surface area contributed by atoms with Crippen LogP contribution in [-0.4, -0.2) is 35.7 Å². The van der Waals surface area contributed by atoms with Crippen molar-refractivity contribution in [2.75, 3.05) is 18.6 Å². The van der Waals surface area contributed by atoms with E-state index in [0.717, 1.165) is 15.9 Å². The predicted molar refractivity (Wildman–Crippen MR) is 118 cm³/mol. The average Bonchev–Trinajstić information content (AvgIpc) is 3.25. The summed E-state index contributed by atoms with van der Waals surface area (Å²) in [7, 11) is 1.61. The number of ether oxygens (including phenoxy) is 3. The van der Waals surface area contributed by atoms with Gasteiger partial charge in [0, 0.05) is 12.3 Å². The maximum atomic E-state index is 13.5. The highest BCUT2D eigenvalue weighted by Gasteiger charge is 2.33. The van der Waals surface area contributed by atoms with Crippen LogP contribution in [0.4, 0.5) is 5.13 Å². The summed E-state index contributed by atoms with van der Waals surface area (Å²) in [6.45, 7) is 0.408. The van der Waals surface area contributed by atoms with Gasteiger partial charge in [0.25, 0.3) is 5.91 Å². The number of carbonyl (C=O) groups excluding carboxylic acids is 1. The highest BCUT2D eigenvalue weighted by atomic mass is 32.1. The number of hydrogen-bond donors (Lipinski definition) is 0. The van der Waals surface area contributed by atoms with Crippen LogP contribution < -0.4 is 19.1 Å². The number of rotatable bonds is 5. The zero-order chi connectivity index (χ0) is 21.2. The number of amides is 1. The lowest BCUT2D eigenvalue weighted by molar-refractivity contribution is -0.127. The van der Waals surface area contributed by atoms with E-state index in [4.69, 9.17) is 19.2 Å². The van der Waals surface area contributed by atoms with Gasteiger partial charge in [0.05, 0.1) is 29.6 Å². The minimum Gasteiger partial charge on any atom is -0.497 e. The van der Waals surface area contributed by atoms with Crippen LogP contribution in [0.5, 0.6) is 17.2 Å². The van der Waals surface area contributed by atoms with Crippen molar-refractivity contribution < 1.29 is 19.0 Å². The van der Waals surface area contributed by atoms with Crippen LogP contribution in [0.15, 0.2) is 66.9 Å². The number of pyridine rings is 1. The summed E-state index contributed by atoms with van der Waals surface area (Å²) >= 11 is 1.44. The summed E-state index contributed by atoms with van der Waals surface area (Å²) in [5.74, 6) is 1.67. The first-order chi connectivity index (χ1) is 15.2. The number of thiazole rings is 1. The van der Waals surface area contributed by atoms with Crippen molar-refractivity contribution in [3.8, 4) is 17.2 Å². The molecular formula is C23H19N3O4S. The number of carbonyl (C=O) groups is 1. The van der Waals surface area contributed by atoms with E-state index < -0.39 is 6.10 Å². The maximum absolute atomic E-state index is 13.5. The normalized spacial score (nSPS) is 14.9. The Morgan fingerprint density at radius 1 is 1.16 bits per heavy atom. The van der Waals surface area contributed by atoms with Crippen LogP contribution >= 0.6 is 11.3 Å². The minimum atomic E-state index is -0.778. The standard InChI is InChI=1S/C23H19N3O4S/c1-28-16-9-10-21-17(12-16)25-23(31-21)26(13-15-6-4-5-11-24-15)22(27)20-14-29-18-7-2-3-8-19(18)30-20/h2-12,20H,13-14H2,1H3/t20-/m1/s1. The van der Waals surface area contributed by atoms with Gasteiger partial charge >= 0.3 is 0 Å². The molecule has 0 bridgehead atoms. The third kappa shape index (κ3) is 3.89. The highest BCUT2D eigenvalue weighted by Crippen LogP contribution is 2.35. The van der Waals surface area contributed by atoms with Crippen LogP contribution in [0.1, 0.15) is 5.69 Å². The van der Waals surface area contributed by atoms with Crippen molar-refractivity contribution >= 4 is 32.6 Å². The Labute approximate surface area is 182 Å². The van der Waals surface area contributed by atoms with Crippen LogP contribution in [0.3, 0.4) is 0 Å². The van der Waals surface area contributed by atoms with E-state index in [0.29, 0.717) is 22.4 Å². The van der Waals surface area contributed by atoms with Crippen LogP contribution in [0, 0.1) is 0 Å². The van der Waals surface area contributed by atoms with E-state index in [9.17, 15) is 4.79 Å². The largest absolute Gasteiger partial charge is 0.497 e. The summed E-state index contributed by atoms with van der Waals surface area (Å²) in [5, 5.41) is 0.571. The summed E-state index contributed by atoms with van der Waals surface area (Å²) in [4.78, 5) is 24.2. The summed E-state index contributed by atoms with van der Waals surface area (Å²) < 4.78 is 18.0. The van der Waals surface area contributed by atoms with E-state index >= 15 is 0 Å². The molecule has 0 spiro atoms. The molecule has 1 amide bonds. The van der Waals surface area contributed by atoms with Gasteiger partial charge < -0.3 is 14.2 Å². The minimum absolute atomic E-state index is 0.132. The fourth-order valence-corrected chi connectivity index (χ4v) is 4.30. The fraction of sp³-hybridized carbons (Fsp3) is 0.174. The highest BCUT2D eigenvalue weighted by molar-refractivity contribution is 7.22. The molecule has 1 atom stereocenters. The van der Waals surface area contributed by atoms with Crippen molar-refractivity contribution in [3.05, 3.63) is 72.6 Å². The molecule has 0 fully saturated rings. The predicted octanol–water partition coefficient (Wildman–Crippen LogP) is 4.07. The van der Waals surface area contributed by atoms with Crippen molar-refractivity contribution in [1.82, 2.24) is 9.97 Å². The Morgan fingerprint density at radius 2 is 2.00 bits per heavy atom. The van der Waals surface area contributed by atoms with Gasteiger partial charge in [-0.15, -0.1) is 0 Å². The van der Waals surface area contributed by atoms with E-state index in [-0.39, 0.29) is 19.1 Å². The zero-order valence-electron chi connectivity index (χ0n) is 16.7. The third-order valence-corrected chi connectivity index (χ3v) is 5.97. The number of fused-ring (bicyclic) bond motifs is 2. The molecule has 3 heterocycles. The molecule has 0 radical (unpaired) electrons. The monoisotopic (exact) mass is 433 g/mol. The number of para-hydroxylation sites is 2. The molecule has 0 N–H and O–H groups in total. The lowest BCUT2D eigenvalue weighted by Gasteiger charge is -2.29. The van der Waals surface area contributed by atoms with Gasteiger partial charge in [-0.2, -0.15) is 0 Å². The maximum Gasteiger partial charge on any atom is 0.273 e. The summed E-state index contributed by atoms with van der Waals surface area (Å²) in [6.07, 6.45) is 0.928. The van der Waals surface area contributed by atoms with Gasteiger partial charge in [0.2, 0.25) is 6.10 Å². The number of aromatic nitrogens is 2. The molecule has 156 valence electrons. The molecule has 1 aliphatic heterocycles. The Morgan fingerprint density at radius 3 is 2.81 bits per heavy atom. The van der Waals surface area contributed by atoms with Crippen molar-refractivity contribution in [2.24, 2.45) is 0 Å². The van der Waals surface area contributed by atoms with Crippen molar-refractivity contribution in [2.45, 2.75) is 12.6 Å². The van der Waals surface area contributed by atoms with E-state index in [1.54, 1.807) is 24.3 Å². The molecule has 5 rings (SSSR count). The Bertz CT molecular complexity index is 1230. The third-order valence-electron chi connectivity index (χ3n) is 4.91. The SMILES string of the molecule is COc1ccc2sc(N(Cc3ccccn3)C(=O)[C@H]3COc4ccccc4O3)nc2c1. The second kappa shape index (κ2) is 8.23. The van der Waals surface area contributed by atoms with Gasteiger partial charge in [-0.25, -0.2) is 4.98 Å². The van der Waals surface area contributed by atoms with Crippen LogP contribution in [0.25, 0.3) is 10.2 Å². The second-order valence-corrected chi connectivity index (χ2v) is 7.95. The molecule has 31 heavy (non-hydrogen) atoms. The van der Waals surface area contributed by atoms with Crippen molar-refractivity contribution in [1.29, 1.82) is 0 Å². The van der Waals surface area contributed by atoms with Crippen molar-refractivity contribution in [3.63, 3.8) is 0 Å². The van der Waals surface area contributed by atoms with Crippen LogP contribution in [0.2, 0.25) is 0 Å². The molecule has 0 saturated heterocycles. The first-order valence-corrected chi connectivity index (χ1v) is 10.6. The lowest BCUT2D eigenvalue weighted by atomic mass is 10.2. The van der Waals surface area contributed by atoms with Gasteiger partial charge in [-0.1, -0.05) is 29.5 Å². The summed E-state index contributed by atoms with van der Waals surface area (Å²) in [6, 6.07) is 18.6. The molecule has 0 aliphatic carbocycles. The van der Waals surface area contributed by atoms with Gasteiger partial charge in [0.1, 0.15) is 12.4 Å². The number of benzene rings is 2. The molecule has 1 aliphatic rings. The van der Waals surface area contributed by atoms with Gasteiger partial charge in [-0.3, -0.25) is 14.7 Å². The topological polar surface area (TPSA) is 73.8 Å². The quantitative estimate of drug-likeness (QED) is 0.472. The van der Waals surface area contributed by atoms with E-state index in [1.165, 1.54) is 11.3 Å². The zero-order valence-corrected chi connectivity index (χ0v) is 17.5. The first kappa shape index (κ1) is 19.3. The Balaban J connectivity index is 1.49. The second-order valence-electron chi connectivity index (χ2n) is 6.94. The molecule has 0 unspecified atom stereocenters. The van der Waals surface area contributed by atoms with E-state index in [1.807, 2.05) is 54.6 Å². The first-order valence-electron chi connectivity index (χ1n) is 9.75. The van der Waals surface area contributed by atoms with Crippen LogP contribution in [-0.2, 0) is 11.3 Å². The van der Waals surface area contributed by atoms with E-state index in [2.05, 4.69) is 4.98 Å². The molecular weight excluding hydrogens is 414 g/mol. The molecule has 8 heteroatoms. The number of anilines is 1. The Kier molecular flexibility index (Phi) is 5.13. The average molecular weight is 433 g/mol. The van der Waals surface area contributed by atoms with Gasteiger partial charge in [0.15, 0.2) is 16.6 Å². The molecule has 4 aromatic rings. The molecule has 7 nitrogen and oxygen atoms in total. The summed E-state index contributed by atoms with van der Waals surface area (Å²) in [5.41, 5.74) is 1.52. The number of methoxy groups -OCH3 is 1. The lowest BCUT2D eigenvalue weighted by Crippen LogP contribution is -2.46. The number of hydrogen-bond acceptors (Lipinski definition) is 7. The molecule has 2 aromatic heterocycles. The molecule has 0 saturated carbocycles. The Hall–Kier alpha value is -3.65.